The molecule has 0 bridgehead atoms. The Morgan fingerprint density at radius 1 is 1.30 bits per heavy atom. The molecule has 1 aromatic rings. The lowest BCUT2D eigenvalue weighted by Crippen LogP contribution is -2.36. The minimum Gasteiger partial charge on any atom is -0.494 e. The molecule has 4 nitrogen and oxygen atoms in total. The molecule has 1 atom stereocenters. The van der Waals surface area contributed by atoms with Crippen LogP contribution in [-0.2, 0) is 4.79 Å². The molecule has 142 valence electrons. The molecule has 2 aliphatic rings. The zero-order valence-corrected chi connectivity index (χ0v) is 17.0. The number of ketones is 1. The lowest BCUT2D eigenvalue weighted by atomic mass is 9.69. The van der Waals surface area contributed by atoms with E-state index in [0.717, 1.165) is 36.3 Å². The molecule has 0 fully saturated rings. The largest absolute Gasteiger partial charge is 0.494 e. The second kappa shape index (κ2) is 7.82. The predicted molar refractivity (Wildman–Crippen MR) is 109 cm³/mol. The highest BCUT2D eigenvalue weighted by Crippen LogP contribution is 2.46. The second-order valence-electron chi connectivity index (χ2n) is 8.04. The van der Waals surface area contributed by atoms with Gasteiger partial charge in [0.15, 0.2) is 5.78 Å². The van der Waals surface area contributed by atoms with Crippen LogP contribution in [0.5, 0.6) is 5.75 Å². The zero-order chi connectivity index (χ0) is 19.6. The summed E-state index contributed by atoms with van der Waals surface area (Å²) in [5, 5.41) is 13.5. The molecule has 0 amide bonds. The molecule has 0 saturated carbocycles. The zero-order valence-electron chi connectivity index (χ0n) is 16.1. The number of dihydropyridines is 1. The summed E-state index contributed by atoms with van der Waals surface area (Å²) in [7, 11) is 0. The molecule has 1 aliphatic heterocycles. The van der Waals surface area contributed by atoms with Crippen LogP contribution >= 0.6 is 12.6 Å². The van der Waals surface area contributed by atoms with E-state index in [1.807, 2.05) is 24.3 Å². The molecular formula is C22H26N2O2S. The fourth-order valence-corrected chi connectivity index (χ4v) is 4.13. The number of nitrogens with zero attached hydrogens (tertiary/aromatic N) is 1. The SMILES string of the molecule is CCCCOc1ccc([C@H]2C(C#N)=C(S)NC3=C2C(=O)CC(C)(C)C3)cc1. The van der Waals surface area contributed by atoms with Crippen LogP contribution in [0.3, 0.4) is 0 Å². The Kier molecular flexibility index (Phi) is 5.67. The van der Waals surface area contributed by atoms with Gasteiger partial charge in [0.25, 0.3) is 0 Å². The van der Waals surface area contributed by atoms with Gasteiger partial charge in [-0.05, 0) is 36.0 Å². The van der Waals surface area contributed by atoms with Crippen molar-refractivity contribution >= 4 is 18.4 Å². The summed E-state index contributed by atoms with van der Waals surface area (Å²) >= 11 is 4.50. The number of carbonyl (C=O) groups excluding carboxylic acids is 1. The van der Waals surface area contributed by atoms with Gasteiger partial charge >= 0.3 is 0 Å². The summed E-state index contributed by atoms with van der Waals surface area (Å²) in [5.74, 6) is 0.544. The number of carbonyl (C=O) groups is 1. The van der Waals surface area contributed by atoms with Crippen LogP contribution in [0.1, 0.15) is 57.9 Å². The summed E-state index contributed by atoms with van der Waals surface area (Å²) < 4.78 is 5.73. The smallest absolute Gasteiger partial charge is 0.162 e. The molecule has 1 aromatic carbocycles. The average molecular weight is 383 g/mol. The van der Waals surface area contributed by atoms with Gasteiger partial charge in [0.2, 0.25) is 0 Å². The van der Waals surface area contributed by atoms with Gasteiger partial charge in [-0.3, -0.25) is 4.79 Å². The maximum Gasteiger partial charge on any atom is 0.162 e. The Balaban J connectivity index is 1.97. The molecular weight excluding hydrogens is 356 g/mol. The van der Waals surface area contributed by atoms with E-state index in [-0.39, 0.29) is 17.1 Å². The maximum atomic E-state index is 13.0. The van der Waals surface area contributed by atoms with Crippen molar-refractivity contribution in [2.24, 2.45) is 5.41 Å². The highest BCUT2D eigenvalue weighted by atomic mass is 32.1. The topological polar surface area (TPSA) is 62.1 Å². The van der Waals surface area contributed by atoms with Gasteiger partial charge in [0, 0.05) is 17.7 Å². The first kappa shape index (κ1) is 19.6. The monoisotopic (exact) mass is 382 g/mol. The van der Waals surface area contributed by atoms with Gasteiger partial charge < -0.3 is 10.1 Å². The van der Waals surface area contributed by atoms with E-state index < -0.39 is 0 Å². The van der Waals surface area contributed by atoms with E-state index in [1.165, 1.54) is 0 Å². The van der Waals surface area contributed by atoms with Crippen LogP contribution in [0.4, 0.5) is 0 Å². The number of Topliss-reactive ketones (excluding diaryl/α,β-unsaturated/α-hetero) is 1. The van der Waals surface area contributed by atoms with Crippen LogP contribution in [0.15, 0.2) is 46.1 Å². The standard InChI is InChI=1S/C22H26N2O2S/c1-4-5-10-26-15-8-6-14(7-9-15)19-16(13-23)21(27)24-17-11-22(2,3)12-18(25)20(17)19/h6-9,19,24,27H,4-5,10-12H2,1-3H3/t19-/m0/s1. The van der Waals surface area contributed by atoms with E-state index in [4.69, 9.17) is 4.74 Å². The van der Waals surface area contributed by atoms with Crippen LogP contribution in [0, 0.1) is 16.7 Å². The number of allylic oxidation sites excluding steroid dienone is 3. The van der Waals surface area contributed by atoms with Crippen molar-refractivity contribution in [2.75, 3.05) is 6.61 Å². The van der Waals surface area contributed by atoms with Crippen LogP contribution in [-0.4, -0.2) is 12.4 Å². The van der Waals surface area contributed by atoms with E-state index in [2.05, 4.69) is 44.8 Å². The van der Waals surface area contributed by atoms with E-state index >= 15 is 0 Å². The molecule has 0 unspecified atom stereocenters. The Bertz CT molecular complexity index is 844. The quantitative estimate of drug-likeness (QED) is 0.564. The third-order valence-corrected chi connectivity index (χ3v) is 5.47. The number of nitrogens with one attached hydrogen (secondary N) is 1. The van der Waals surface area contributed by atoms with Gasteiger partial charge in [0.05, 0.1) is 29.2 Å². The number of rotatable bonds is 5. The van der Waals surface area contributed by atoms with Crippen molar-refractivity contribution in [2.45, 2.75) is 52.4 Å². The number of thiol groups is 1. The van der Waals surface area contributed by atoms with Gasteiger partial charge in [-0.15, -0.1) is 12.6 Å². The number of benzene rings is 1. The highest BCUT2D eigenvalue weighted by Gasteiger charge is 2.41. The normalized spacial score (nSPS) is 21.4. The summed E-state index contributed by atoms with van der Waals surface area (Å²) in [6, 6.07) is 9.99. The Hall–Kier alpha value is -2.19. The minimum atomic E-state index is -0.368. The van der Waals surface area contributed by atoms with E-state index in [9.17, 15) is 10.1 Å². The maximum absolute atomic E-state index is 13.0. The van der Waals surface area contributed by atoms with Gasteiger partial charge in [-0.1, -0.05) is 39.3 Å². The van der Waals surface area contributed by atoms with Gasteiger partial charge in [-0.25, -0.2) is 0 Å². The number of unbranched alkanes of at least 4 members (excludes halogenated alkanes) is 1. The van der Waals surface area contributed by atoms with Crippen LogP contribution < -0.4 is 10.1 Å². The van der Waals surface area contributed by atoms with Crippen molar-refractivity contribution in [1.29, 1.82) is 5.26 Å². The minimum absolute atomic E-state index is 0.0946. The molecule has 0 aromatic heterocycles. The van der Waals surface area contributed by atoms with Crippen molar-refractivity contribution < 1.29 is 9.53 Å². The lowest BCUT2D eigenvalue weighted by Gasteiger charge is -2.38. The first-order chi connectivity index (χ1) is 12.9. The summed E-state index contributed by atoms with van der Waals surface area (Å²) in [6.07, 6.45) is 3.36. The highest BCUT2D eigenvalue weighted by molar-refractivity contribution is 7.84. The van der Waals surface area contributed by atoms with Gasteiger partial charge in [-0.2, -0.15) is 5.26 Å². The second-order valence-corrected chi connectivity index (χ2v) is 8.48. The molecule has 3 rings (SSSR count). The fourth-order valence-electron chi connectivity index (χ4n) is 3.81. The summed E-state index contributed by atoms with van der Waals surface area (Å²) in [4.78, 5) is 13.0. The number of hydrogen-bond donors (Lipinski definition) is 2. The average Bonchev–Trinajstić information content (AvgIpc) is 2.60. The third kappa shape index (κ3) is 4.06. The van der Waals surface area contributed by atoms with Gasteiger partial charge in [0.1, 0.15) is 5.75 Å². The molecule has 0 saturated heterocycles. The fraction of sp³-hybridized carbons (Fsp3) is 0.455. The summed E-state index contributed by atoms with van der Waals surface area (Å²) in [6.45, 7) is 7.00. The number of ether oxygens (including phenoxy) is 1. The van der Waals surface area contributed by atoms with E-state index in [0.29, 0.717) is 29.2 Å². The van der Waals surface area contributed by atoms with Crippen molar-refractivity contribution in [3.05, 3.63) is 51.7 Å². The van der Waals surface area contributed by atoms with E-state index in [1.54, 1.807) is 0 Å². The summed E-state index contributed by atoms with van der Waals surface area (Å²) in [5.41, 5.74) is 2.92. The first-order valence-corrected chi connectivity index (χ1v) is 9.90. The molecule has 1 aliphatic carbocycles. The predicted octanol–water partition coefficient (Wildman–Crippen LogP) is 4.86. The molecule has 27 heavy (non-hydrogen) atoms. The Morgan fingerprint density at radius 2 is 2.00 bits per heavy atom. The molecule has 0 radical (unpaired) electrons. The molecule has 5 heteroatoms. The molecule has 0 spiro atoms. The van der Waals surface area contributed by atoms with Crippen molar-refractivity contribution in [1.82, 2.24) is 5.32 Å². The Labute approximate surface area is 166 Å². The van der Waals surface area contributed by atoms with Crippen molar-refractivity contribution in [3.8, 4) is 11.8 Å². The Morgan fingerprint density at radius 3 is 2.63 bits per heavy atom. The molecule has 1 heterocycles. The molecule has 1 N–H and O–H groups in total. The van der Waals surface area contributed by atoms with Crippen molar-refractivity contribution in [3.63, 3.8) is 0 Å². The van der Waals surface area contributed by atoms with Crippen LogP contribution in [0.25, 0.3) is 0 Å². The number of hydrogen-bond acceptors (Lipinski definition) is 5. The number of nitriles is 1. The third-order valence-electron chi connectivity index (χ3n) is 5.12. The first-order valence-electron chi connectivity index (χ1n) is 9.45. The van der Waals surface area contributed by atoms with Crippen LogP contribution in [0.2, 0.25) is 0 Å². The lowest BCUT2D eigenvalue weighted by molar-refractivity contribution is -0.118.